The number of likely N-dealkylation sites (tertiary alicyclic amines) is 1. The molecule has 0 aromatic carbocycles. The Kier molecular flexibility index (Phi) is 2.93. The van der Waals surface area contributed by atoms with E-state index < -0.39 is 0 Å². The monoisotopic (exact) mass is 203 g/mol. The van der Waals surface area contributed by atoms with Gasteiger partial charge in [-0.3, -0.25) is 0 Å². The molecule has 12 heavy (non-hydrogen) atoms. The van der Waals surface area contributed by atoms with Crippen molar-refractivity contribution in [3.05, 3.63) is 0 Å². The van der Waals surface area contributed by atoms with Crippen molar-refractivity contribution in [1.82, 2.24) is 4.90 Å². The van der Waals surface area contributed by atoms with Crippen molar-refractivity contribution in [2.24, 2.45) is 0 Å². The summed E-state index contributed by atoms with van der Waals surface area (Å²) in [6.07, 6.45) is 4.23. The van der Waals surface area contributed by atoms with E-state index in [2.05, 4.69) is 35.5 Å². The lowest BCUT2D eigenvalue weighted by molar-refractivity contribution is 0.272. The van der Waals surface area contributed by atoms with E-state index in [0.717, 1.165) is 0 Å². The van der Waals surface area contributed by atoms with Crippen LogP contribution in [0, 0.1) is 0 Å². The van der Waals surface area contributed by atoms with E-state index in [4.69, 9.17) is 0 Å². The average molecular weight is 203 g/mol. The molecule has 0 aromatic rings. The van der Waals surface area contributed by atoms with Crippen LogP contribution in [0.15, 0.2) is 0 Å². The molecule has 0 amide bonds. The molecule has 3 heteroatoms. The SMILES string of the molecule is CN1CCC2(CC1)SCCCS2. The highest BCUT2D eigenvalue weighted by Crippen LogP contribution is 2.48. The molecular formula is C9H17NS2. The lowest BCUT2D eigenvalue weighted by atomic mass is 10.1. The van der Waals surface area contributed by atoms with Crippen LogP contribution in [-0.4, -0.2) is 40.6 Å². The molecule has 0 bridgehead atoms. The van der Waals surface area contributed by atoms with Gasteiger partial charge in [0, 0.05) is 0 Å². The number of piperidine rings is 1. The smallest absolute Gasteiger partial charge is 0.0635 e. The van der Waals surface area contributed by atoms with Crippen molar-refractivity contribution in [2.45, 2.75) is 23.3 Å². The van der Waals surface area contributed by atoms with Crippen LogP contribution in [0.1, 0.15) is 19.3 Å². The van der Waals surface area contributed by atoms with E-state index in [1.165, 1.54) is 43.9 Å². The van der Waals surface area contributed by atoms with Crippen LogP contribution in [-0.2, 0) is 0 Å². The Morgan fingerprint density at radius 2 is 1.67 bits per heavy atom. The summed E-state index contributed by atoms with van der Waals surface area (Å²) in [5.41, 5.74) is 0. The predicted octanol–water partition coefficient (Wildman–Crippen LogP) is 2.28. The average Bonchev–Trinajstić information content (AvgIpc) is 2.13. The van der Waals surface area contributed by atoms with E-state index in [9.17, 15) is 0 Å². The molecule has 2 rings (SSSR count). The summed E-state index contributed by atoms with van der Waals surface area (Å²) < 4.78 is 0.630. The van der Waals surface area contributed by atoms with E-state index in [0.29, 0.717) is 4.08 Å². The largest absolute Gasteiger partial charge is 0.306 e. The van der Waals surface area contributed by atoms with Gasteiger partial charge in [-0.25, -0.2) is 0 Å². The fourth-order valence-electron chi connectivity index (χ4n) is 1.86. The Morgan fingerprint density at radius 1 is 1.08 bits per heavy atom. The van der Waals surface area contributed by atoms with Crippen LogP contribution < -0.4 is 0 Å². The summed E-state index contributed by atoms with van der Waals surface area (Å²) in [5, 5.41) is 0. The van der Waals surface area contributed by atoms with Crippen molar-refractivity contribution in [2.75, 3.05) is 31.6 Å². The van der Waals surface area contributed by atoms with E-state index in [-0.39, 0.29) is 0 Å². The van der Waals surface area contributed by atoms with Gasteiger partial charge in [0.05, 0.1) is 4.08 Å². The first-order chi connectivity index (χ1) is 5.81. The van der Waals surface area contributed by atoms with Gasteiger partial charge in [-0.05, 0) is 50.9 Å². The highest BCUT2D eigenvalue weighted by molar-refractivity contribution is 8.18. The van der Waals surface area contributed by atoms with Crippen LogP contribution in [0.25, 0.3) is 0 Å². The molecule has 0 N–H and O–H groups in total. The van der Waals surface area contributed by atoms with Crippen molar-refractivity contribution >= 4 is 23.5 Å². The number of hydrogen-bond donors (Lipinski definition) is 0. The summed E-state index contributed by atoms with van der Waals surface area (Å²) in [5.74, 6) is 2.80. The van der Waals surface area contributed by atoms with E-state index in [1.807, 2.05) is 0 Å². The highest BCUT2D eigenvalue weighted by Gasteiger charge is 2.36. The summed E-state index contributed by atoms with van der Waals surface area (Å²) in [7, 11) is 2.24. The third-order valence-electron chi connectivity index (χ3n) is 2.77. The minimum atomic E-state index is 0.630. The maximum atomic E-state index is 2.46. The zero-order valence-corrected chi connectivity index (χ0v) is 9.35. The number of rotatable bonds is 0. The summed E-state index contributed by atoms with van der Waals surface area (Å²) in [6.45, 7) is 2.61. The molecule has 2 saturated heterocycles. The van der Waals surface area contributed by atoms with Crippen molar-refractivity contribution < 1.29 is 0 Å². The van der Waals surface area contributed by atoms with E-state index >= 15 is 0 Å². The molecule has 2 aliphatic heterocycles. The summed E-state index contributed by atoms with van der Waals surface area (Å²) in [4.78, 5) is 2.46. The van der Waals surface area contributed by atoms with Gasteiger partial charge in [0.2, 0.25) is 0 Å². The van der Waals surface area contributed by atoms with E-state index in [1.54, 1.807) is 0 Å². The molecule has 0 atom stereocenters. The normalized spacial score (nSPS) is 30.8. The molecule has 0 saturated carbocycles. The van der Waals surface area contributed by atoms with Crippen LogP contribution >= 0.6 is 23.5 Å². The van der Waals surface area contributed by atoms with Gasteiger partial charge in [-0.2, -0.15) is 0 Å². The zero-order chi connectivity index (χ0) is 8.44. The molecule has 0 unspecified atom stereocenters. The van der Waals surface area contributed by atoms with Gasteiger partial charge in [0.1, 0.15) is 0 Å². The van der Waals surface area contributed by atoms with Gasteiger partial charge < -0.3 is 4.90 Å². The van der Waals surface area contributed by atoms with Gasteiger partial charge in [0.15, 0.2) is 0 Å². The second-order valence-electron chi connectivity index (χ2n) is 3.76. The molecule has 0 radical (unpaired) electrons. The molecule has 0 aliphatic carbocycles. The Morgan fingerprint density at radius 3 is 2.25 bits per heavy atom. The molecular weight excluding hydrogens is 186 g/mol. The number of nitrogens with zero attached hydrogens (tertiary/aromatic N) is 1. The van der Waals surface area contributed by atoms with Gasteiger partial charge in [-0.15, -0.1) is 23.5 Å². The van der Waals surface area contributed by atoms with Crippen LogP contribution in [0.2, 0.25) is 0 Å². The van der Waals surface area contributed by atoms with Gasteiger partial charge in [-0.1, -0.05) is 0 Å². The molecule has 2 aliphatic rings. The quantitative estimate of drug-likeness (QED) is 0.595. The third-order valence-corrected chi connectivity index (χ3v) is 6.33. The summed E-state index contributed by atoms with van der Waals surface area (Å²) >= 11 is 4.45. The van der Waals surface area contributed by atoms with Gasteiger partial charge >= 0.3 is 0 Å². The lowest BCUT2D eigenvalue weighted by Gasteiger charge is -2.41. The first kappa shape index (κ1) is 9.22. The predicted molar refractivity (Wildman–Crippen MR) is 59.0 cm³/mol. The lowest BCUT2D eigenvalue weighted by Crippen LogP contribution is -2.40. The minimum Gasteiger partial charge on any atom is -0.306 e. The first-order valence-corrected chi connectivity index (χ1v) is 6.74. The molecule has 70 valence electrons. The Balaban J connectivity index is 1.92. The number of hydrogen-bond acceptors (Lipinski definition) is 3. The van der Waals surface area contributed by atoms with Crippen LogP contribution in [0.5, 0.6) is 0 Å². The maximum absolute atomic E-state index is 2.46. The first-order valence-electron chi connectivity index (χ1n) is 4.77. The van der Waals surface area contributed by atoms with Gasteiger partial charge in [0.25, 0.3) is 0 Å². The number of thioether (sulfide) groups is 2. The Bertz CT molecular complexity index is 145. The molecule has 1 spiro atoms. The van der Waals surface area contributed by atoms with Crippen LogP contribution in [0.3, 0.4) is 0 Å². The second kappa shape index (κ2) is 3.81. The standard InChI is InChI=1S/C9H17NS2/c1-10-5-3-9(4-6-10)11-7-2-8-12-9/h2-8H2,1H3. The fourth-order valence-corrected chi connectivity index (χ4v) is 5.14. The summed E-state index contributed by atoms with van der Waals surface area (Å²) in [6, 6.07) is 0. The zero-order valence-electron chi connectivity index (χ0n) is 7.71. The van der Waals surface area contributed by atoms with Crippen molar-refractivity contribution in [3.63, 3.8) is 0 Å². The minimum absolute atomic E-state index is 0.630. The van der Waals surface area contributed by atoms with Crippen LogP contribution in [0.4, 0.5) is 0 Å². The third kappa shape index (κ3) is 1.94. The highest BCUT2D eigenvalue weighted by atomic mass is 32.2. The fraction of sp³-hybridized carbons (Fsp3) is 1.00. The molecule has 1 nitrogen and oxygen atoms in total. The van der Waals surface area contributed by atoms with Crippen molar-refractivity contribution in [3.8, 4) is 0 Å². The second-order valence-corrected chi connectivity index (χ2v) is 6.98. The van der Waals surface area contributed by atoms with Crippen molar-refractivity contribution in [1.29, 1.82) is 0 Å². The topological polar surface area (TPSA) is 3.24 Å². The Hall–Kier alpha value is 0.660. The molecule has 0 aromatic heterocycles. The maximum Gasteiger partial charge on any atom is 0.0635 e. The Labute approximate surface area is 83.7 Å². The molecule has 2 heterocycles. The molecule has 2 fully saturated rings.